The Morgan fingerprint density at radius 1 is 1.20 bits per heavy atom. The standard InChI is InChI=1S/C21H18Cl3F6N3O2/c1-18(24)7-12(6-13(22)8-18)19(21(28,29)30)9-15(32-35-19)11-3-4-14(23)16(5-11)33(2)31-17(34)10-20(25,26)27/h3-6,8H,7,9-10H2,1-2H3,(H,31,34). The van der Waals surface area contributed by atoms with Crippen molar-refractivity contribution >= 4 is 52.1 Å². The van der Waals surface area contributed by atoms with Crippen LogP contribution in [0, 0.1) is 0 Å². The predicted molar refractivity (Wildman–Crippen MR) is 121 cm³/mol. The minimum atomic E-state index is -4.89. The van der Waals surface area contributed by atoms with Crippen LogP contribution in [-0.2, 0) is 9.63 Å². The third-order valence-electron chi connectivity index (χ3n) is 5.29. The van der Waals surface area contributed by atoms with Crippen molar-refractivity contribution < 1.29 is 36.0 Å². The monoisotopic (exact) mass is 563 g/mol. The summed E-state index contributed by atoms with van der Waals surface area (Å²) in [5, 5.41) is 4.64. The summed E-state index contributed by atoms with van der Waals surface area (Å²) in [6.07, 6.45) is -9.68. The Kier molecular flexibility index (Phi) is 7.38. The Hall–Kier alpha value is -2.11. The van der Waals surface area contributed by atoms with Crippen LogP contribution in [0.2, 0.25) is 5.02 Å². The molecule has 2 unspecified atom stereocenters. The first-order chi connectivity index (χ1) is 15.9. The van der Waals surface area contributed by atoms with Gasteiger partial charge in [0.15, 0.2) is 0 Å². The van der Waals surface area contributed by atoms with Crippen LogP contribution < -0.4 is 10.4 Å². The number of benzene rings is 1. The Balaban J connectivity index is 1.89. The van der Waals surface area contributed by atoms with Crippen LogP contribution in [0.5, 0.6) is 0 Å². The molecule has 1 heterocycles. The van der Waals surface area contributed by atoms with E-state index in [0.29, 0.717) is 0 Å². The molecule has 1 aromatic carbocycles. The van der Waals surface area contributed by atoms with Gasteiger partial charge in [-0.1, -0.05) is 34.4 Å². The summed E-state index contributed by atoms with van der Waals surface area (Å²) in [4.78, 5) is 15.5. The van der Waals surface area contributed by atoms with Crippen molar-refractivity contribution in [3.63, 3.8) is 0 Å². The molecule has 0 aromatic heterocycles. The second-order valence-corrected chi connectivity index (χ2v) is 10.0. The summed E-state index contributed by atoms with van der Waals surface area (Å²) in [6.45, 7) is 1.51. The number of hydrazine groups is 1. The molecule has 35 heavy (non-hydrogen) atoms. The minimum absolute atomic E-state index is 0.0226. The van der Waals surface area contributed by atoms with E-state index in [2.05, 4.69) is 5.16 Å². The fourth-order valence-electron chi connectivity index (χ4n) is 3.74. The number of nitrogens with zero attached hydrogens (tertiary/aromatic N) is 2. The van der Waals surface area contributed by atoms with Gasteiger partial charge < -0.3 is 4.84 Å². The normalized spacial score (nSPS) is 24.8. The Labute approximate surface area is 211 Å². The fourth-order valence-corrected chi connectivity index (χ4v) is 4.68. The highest BCUT2D eigenvalue weighted by Gasteiger charge is 2.64. The molecule has 0 spiro atoms. The molecule has 0 bridgehead atoms. The number of rotatable bonds is 5. The number of oxime groups is 1. The SMILES string of the molecule is CN(NC(=O)CC(F)(F)F)c1cc(C2=NOC(C3=CC(Cl)=CC(C)(Cl)C3)(C(F)(F)F)C2)ccc1Cl. The summed E-state index contributed by atoms with van der Waals surface area (Å²) in [7, 11) is 1.23. The molecule has 0 saturated heterocycles. The zero-order chi connectivity index (χ0) is 26.4. The van der Waals surface area contributed by atoms with Gasteiger partial charge in [0.25, 0.3) is 5.60 Å². The summed E-state index contributed by atoms with van der Waals surface area (Å²) >= 11 is 18.4. The van der Waals surface area contributed by atoms with Crippen molar-refractivity contribution in [1.29, 1.82) is 0 Å². The van der Waals surface area contributed by atoms with Crippen LogP contribution in [0.15, 0.2) is 46.1 Å². The summed E-state index contributed by atoms with van der Waals surface area (Å²) in [6, 6.07) is 3.96. The van der Waals surface area contributed by atoms with E-state index in [1.54, 1.807) is 0 Å². The predicted octanol–water partition coefficient (Wildman–Crippen LogP) is 6.64. The first-order valence-corrected chi connectivity index (χ1v) is 11.1. The Morgan fingerprint density at radius 2 is 1.86 bits per heavy atom. The van der Waals surface area contributed by atoms with E-state index >= 15 is 0 Å². The minimum Gasteiger partial charge on any atom is -0.374 e. The van der Waals surface area contributed by atoms with Crippen LogP contribution in [0.25, 0.3) is 0 Å². The van der Waals surface area contributed by atoms with Gasteiger partial charge >= 0.3 is 12.4 Å². The molecule has 1 aliphatic heterocycles. The zero-order valence-corrected chi connectivity index (χ0v) is 20.4. The largest absolute Gasteiger partial charge is 0.435 e. The smallest absolute Gasteiger partial charge is 0.374 e. The molecule has 0 radical (unpaired) electrons. The lowest BCUT2D eigenvalue weighted by atomic mass is 9.79. The van der Waals surface area contributed by atoms with Gasteiger partial charge in [-0.05, 0) is 43.2 Å². The van der Waals surface area contributed by atoms with Gasteiger partial charge in [0.1, 0.15) is 6.42 Å². The molecule has 1 aromatic rings. The lowest BCUT2D eigenvalue weighted by Crippen LogP contribution is -2.48. The topological polar surface area (TPSA) is 53.9 Å². The quantitative estimate of drug-likeness (QED) is 0.248. The van der Waals surface area contributed by atoms with Crippen molar-refractivity contribution in [1.82, 2.24) is 5.43 Å². The molecule has 5 nitrogen and oxygen atoms in total. The van der Waals surface area contributed by atoms with E-state index in [1.165, 1.54) is 38.2 Å². The molecular weight excluding hydrogens is 547 g/mol. The van der Waals surface area contributed by atoms with E-state index in [0.717, 1.165) is 11.1 Å². The number of hydrogen-bond donors (Lipinski definition) is 1. The van der Waals surface area contributed by atoms with Crippen LogP contribution in [0.1, 0.15) is 31.7 Å². The number of anilines is 1. The summed E-state index contributed by atoms with van der Waals surface area (Å²) < 4.78 is 80.3. The zero-order valence-electron chi connectivity index (χ0n) is 18.1. The van der Waals surface area contributed by atoms with Crippen molar-refractivity contribution in [2.75, 3.05) is 12.1 Å². The van der Waals surface area contributed by atoms with Crippen molar-refractivity contribution in [2.45, 2.75) is 49.0 Å². The molecule has 14 heteroatoms. The Morgan fingerprint density at radius 3 is 2.43 bits per heavy atom. The molecule has 2 atom stereocenters. The van der Waals surface area contributed by atoms with E-state index in [4.69, 9.17) is 39.6 Å². The second-order valence-electron chi connectivity index (χ2n) is 8.34. The maximum absolute atomic E-state index is 14.3. The van der Waals surface area contributed by atoms with E-state index in [1.807, 2.05) is 5.43 Å². The number of hydrogen-bond acceptors (Lipinski definition) is 4. The van der Waals surface area contributed by atoms with Crippen molar-refractivity contribution in [3.8, 4) is 0 Å². The van der Waals surface area contributed by atoms with Crippen LogP contribution in [-0.4, -0.2) is 41.5 Å². The summed E-state index contributed by atoms with van der Waals surface area (Å²) in [5.74, 6) is -1.35. The van der Waals surface area contributed by atoms with Gasteiger partial charge in [-0.25, -0.2) is 0 Å². The van der Waals surface area contributed by atoms with E-state index in [-0.39, 0.29) is 39.0 Å². The molecule has 1 amide bonds. The molecule has 3 rings (SSSR count). The Bertz CT molecular complexity index is 1110. The number of amides is 1. The fraction of sp³-hybridized carbons (Fsp3) is 0.429. The van der Waals surface area contributed by atoms with Crippen molar-refractivity contribution in [3.05, 3.63) is 51.5 Å². The number of nitrogens with one attached hydrogen (secondary N) is 1. The van der Waals surface area contributed by atoms with E-state index in [9.17, 15) is 31.1 Å². The number of allylic oxidation sites excluding steroid dienone is 3. The average molecular weight is 565 g/mol. The molecule has 0 fully saturated rings. The maximum atomic E-state index is 14.3. The molecule has 1 N–H and O–H groups in total. The van der Waals surface area contributed by atoms with Crippen LogP contribution in [0.4, 0.5) is 32.0 Å². The highest BCUT2D eigenvalue weighted by molar-refractivity contribution is 6.34. The molecule has 192 valence electrons. The third kappa shape index (κ3) is 6.18. The van der Waals surface area contributed by atoms with Gasteiger partial charge in [0.05, 0.1) is 21.3 Å². The lowest BCUT2D eigenvalue weighted by molar-refractivity contribution is -0.254. The molecule has 1 aliphatic carbocycles. The van der Waals surface area contributed by atoms with Crippen molar-refractivity contribution in [2.24, 2.45) is 5.16 Å². The van der Waals surface area contributed by atoms with Gasteiger partial charge in [-0.2, -0.15) is 26.3 Å². The van der Waals surface area contributed by atoms with Crippen LogP contribution in [0.3, 0.4) is 0 Å². The van der Waals surface area contributed by atoms with Gasteiger partial charge in [-0.3, -0.25) is 15.2 Å². The molecule has 2 aliphatic rings. The second kappa shape index (κ2) is 9.40. The number of halogens is 9. The van der Waals surface area contributed by atoms with Gasteiger partial charge in [0, 0.05) is 24.1 Å². The number of carbonyl (C=O) groups excluding carboxylic acids is 1. The van der Waals surface area contributed by atoms with Crippen LogP contribution >= 0.6 is 34.8 Å². The number of carbonyl (C=O) groups is 1. The third-order valence-corrected chi connectivity index (χ3v) is 6.07. The first-order valence-electron chi connectivity index (χ1n) is 9.92. The van der Waals surface area contributed by atoms with Gasteiger partial charge in [-0.15, -0.1) is 11.6 Å². The highest BCUT2D eigenvalue weighted by Crippen LogP contribution is 2.51. The van der Waals surface area contributed by atoms with E-state index < -0.39 is 41.6 Å². The molecular formula is C21H18Cl3F6N3O2. The first kappa shape index (κ1) is 27.5. The molecule has 0 saturated carbocycles. The number of alkyl halides is 7. The lowest BCUT2D eigenvalue weighted by Gasteiger charge is -2.36. The van der Waals surface area contributed by atoms with Gasteiger partial charge in [0.2, 0.25) is 5.91 Å². The highest BCUT2D eigenvalue weighted by atomic mass is 35.5. The summed E-state index contributed by atoms with van der Waals surface area (Å²) in [5.41, 5.74) is -0.934. The maximum Gasteiger partial charge on any atom is 0.435 e. The average Bonchev–Trinajstić information content (AvgIpc) is 3.12.